The van der Waals surface area contributed by atoms with Crippen LogP contribution in [0, 0.1) is 5.92 Å². The number of hydrogen-bond acceptors (Lipinski definition) is 4. The Morgan fingerprint density at radius 1 is 0.971 bits per heavy atom. The number of piperazine rings is 1. The van der Waals surface area contributed by atoms with E-state index in [-0.39, 0.29) is 11.9 Å². The van der Waals surface area contributed by atoms with Gasteiger partial charge in [-0.25, -0.2) is 4.98 Å². The number of fused-ring (bicyclic) bond motifs is 1. The summed E-state index contributed by atoms with van der Waals surface area (Å²) in [6.45, 7) is 8.56. The highest BCUT2D eigenvalue weighted by Crippen LogP contribution is 2.32. The topological polar surface area (TPSA) is 48.5 Å². The molecule has 0 radical (unpaired) electrons. The number of rotatable bonds is 6. The molecule has 1 aromatic heterocycles. The summed E-state index contributed by atoms with van der Waals surface area (Å²) in [7, 11) is 0. The molecule has 0 saturated carbocycles. The van der Waals surface area contributed by atoms with Crippen LogP contribution >= 0.6 is 0 Å². The molecule has 1 atom stereocenters. The minimum Gasteiger partial charge on any atom is -0.368 e. The van der Waals surface area contributed by atoms with Gasteiger partial charge in [-0.05, 0) is 49.6 Å². The second kappa shape index (κ2) is 10.1. The van der Waals surface area contributed by atoms with Gasteiger partial charge in [0.1, 0.15) is 5.82 Å². The van der Waals surface area contributed by atoms with Crippen molar-refractivity contribution in [3.8, 4) is 0 Å². The Morgan fingerprint density at radius 3 is 2.34 bits per heavy atom. The number of nitrogens with zero attached hydrogens (tertiary/aromatic N) is 3. The molecule has 0 spiro atoms. The van der Waals surface area contributed by atoms with Gasteiger partial charge in [0.15, 0.2) is 0 Å². The van der Waals surface area contributed by atoms with Crippen LogP contribution in [0.4, 0.5) is 24.7 Å². The number of amides is 1. The van der Waals surface area contributed by atoms with Gasteiger partial charge in [0.2, 0.25) is 0 Å². The fourth-order valence-corrected chi connectivity index (χ4v) is 4.65. The summed E-state index contributed by atoms with van der Waals surface area (Å²) >= 11 is 0. The number of halogens is 3. The molecular formula is C27H31F3N4O. The first-order chi connectivity index (χ1) is 16.6. The van der Waals surface area contributed by atoms with E-state index in [1.165, 1.54) is 12.1 Å². The second-order valence-electron chi connectivity index (χ2n) is 9.57. The van der Waals surface area contributed by atoms with Crippen LogP contribution in [0.5, 0.6) is 0 Å². The highest BCUT2D eigenvalue weighted by atomic mass is 19.4. The van der Waals surface area contributed by atoms with Crippen molar-refractivity contribution in [3.63, 3.8) is 0 Å². The van der Waals surface area contributed by atoms with E-state index in [9.17, 15) is 18.0 Å². The maximum atomic E-state index is 13.2. The molecule has 0 aliphatic carbocycles. The summed E-state index contributed by atoms with van der Waals surface area (Å²) in [5.74, 6) is 1.05. The zero-order chi connectivity index (χ0) is 25.2. The van der Waals surface area contributed by atoms with E-state index in [0.717, 1.165) is 23.4 Å². The lowest BCUT2D eigenvalue weighted by Crippen LogP contribution is -2.47. The average molecular weight is 485 g/mol. The Kier molecular flexibility index (Phi) is 7.19. The summed E-state index contributed by atoms with van der Waals surface area (Å²) in [6.07, 6.45) is -3.48. The van der Waals surface area contributed by atoms with Crippen molar-refractivity contribution in [1.29, 1.82) is 0 Å². The molecule has 2 aromatic carbocycles. The fraction of sp³-hybridized carbons (Fsp3) is 0.407. The van der Waals surface area contributed by atoms with E-state index >= 15 is 0 Å². The van der Waals surface area contributed by atoms with Crippen LogP contribution in [0.3, 0.4) is 0 Å². The summed E-state index contributed by atoms with van der Waals surface area (Å²) in [4.78, 5) is 22.0. The average Bonchev–Trinajstić information content (AvgIpc) is 2.82. The van der Waals surface area contributed by atoms with Gasteiger partial charge in [-0.2, -0.15) is 13.2 Å². The predicted molar refractivity (Wildman–Crippen MR) is 134 cm³/mol. The van der Waals surface area contributed by atoms with Crippen molar-refractivity contribution in [2.75, 3.05) is 36.0 Å². The third-order valence-electron chi connectivity index (χ3n) is 6.29. The normalized spacial score (nSPS) is 15.5. The molecule has 3 aromatic rings. The quantitative estimate of drug-likeness (QED) is 0.484. The molecule has 2 heterocycles. The highest BCUT2D eigenvalue weighted by Gasteiger charge is 2.31. The Bertz CT molecular complexity index is 1190. The fourth-order valence-electron chi connectivity index (χ4n) is 4.65. The number of carbonyl (C=O) groups excluding carboxylic acids is 1. The van der Waals surface area contributed by atoms with Gasteiger partial charge in [0.05, 0.1) is 16.6 Å². The first-order valence-electron chi connectivity index (χ1n) is 12.0. The zero-order valence-electron chi connectivity index (χ0n) is 20.3. The molecule has 1 aliphatic heterocycles. The van der Waals surface area contributed by atoms with Crippen LogP contribution in [-0.4, -0.2) is 43.1 Å². The van der Waals surface area contributed by atoms with Gasteiger partial charge in [-0.15, -0.1) is 0 Å². The number of benzene rings is 2. The number of pyridine rings is 1. The Hall–Kier alpha value is -3.29. The van der Waals surface area contributed by atoms with Crippen LogP contribution < -0.4 is 15.1 Å². The summed E-state index contributed by atoms with van der Waals surface area (Å²) in [6, 6.07) is 14.9. The summed E-state index contributed by atoms with van der Waals surface area (Å²) in [5, 5.41) is 3.91. The Morgan fingerprint density at radius 2 is 1.66 bits per heavy atom. The number of alkyl halides is 3. The third kappa shape index (κ3) is 5.86. The molecule has 1 saturated heterocycles. The number of hydrogen-bond donors (Lipinski definition) is 1. The van der Waals surface area contributed by atoms with Crippen molar-refractivity contribution in [1.82, 2.24) is 10.3 Å². The van der Waals surface area contributed by atoms with Crippen LogP contribution in [0.2, 0.25) is 0 Å². The van der Waals surface area contributed by atoms with Gasteiger partial charge in [-0.3, -0.25) is 4.79 Å². The Labute approximate surface area is 203 Å². The smallest absolute Gasteiger partial charge is 0.368 e. The molecule has 186 valence electrons. The van der Waals surface area contributed by atoms with E-state index in [0.29, 0.717) is 49.2 Å². The number of para-hydroxylation sites is 1. The molecule has 1 unspecified atom stereocenters. The molecule has 8 heteroatoms. The Balaban J connectivity index is 1.54. The van der Waals surface area contributed by atoms with Crippen molar-refractivity contribution >= 4 is 28.3 Å². The van der Waals surface area contributed by atoms with E-state index in [2.05, 4.69) is 24.1 Å². The molecule has 1 N–H and O–H groups in total. The lowest BCUT2D eigenvalue weighted by molar-refractivity contribution is -0.137. The van der Waals surface area contributed by atoms with Crippen LogP contribution in [0.1, 0.15) is 43.1 Å². The standard InChI is InChI=1S/C27H31F3N4O/c1-18(2)15-19(3)31-26(35)23-17-25(32-24-10-5-4-9-22(23)24)34-13-11-33(12-14-34)21-8-6-7-20(16-21)27(28,29)30/h4-10,16-19H,11-15H2,1-3H3,(H,31,35). The van der Waals surface area contributed by atoms with Gasteiger partial charge >= 0.3 is 6.18 Å². The van der Waals surface area contributed by atoms with E-state index < -0.39 is 11.7 Å². The summed E-state index contributed by atoms with van der Waals surface area (Å²) in [5.41, 5.74) is 1.25. The maximum Gasteiger partial charge on any atom is 0.416 e. The van der Waals surface area contributed by atoms with Crippen molar-refractivity contribution in [2.24, 2.45) is 5.92 Å². The largest absolute Gasteiger partial charge is 0.416 e. The highest BCUT2D eigenvalue weighted by molar-refractivity contribution is 6.07. The molecule has 1 fully saturated rings. The van der Waals surface area contributed by atoms with E-state index in [1.807, 2.05) is 42.2 Å². The third-order valence-corrected chi connectivity index (χ3v) is 6.29. The number of anilines is 2. The minimum absolute atomic E-state index is 0.0499. The summed E-state index contributed by atoms with van der Waals surface area (Å²) < 4.78 is 39.4. The SMILES string of the molecule is CC(C)CC(C)NC(=O)c1cc(N2CCN(c3cccc(C(F)(F)F)c3)CC2)nc2ccccc12. The molecular weight excluding hydrogens is 453 g/mol. The molecule has 35 heavy (non-hydrogen) atoms. The van der Waals surface area contributed by atoms with Gasteiger partial charge in [0.25, 0.3) is 5.91 Å². The van der Waals surface area contributed by atoms with Gasteiger partial charge < -0.3 is 15.1 Å². The monoisotopic (exact) mass is 484 g/mol. The van der Waals surface area contributed by atoms with Crippen molar-refractivity contribution in [3.05, 3.63) is 65.7 Å². The van der Waals surface area contributed by atoms with E-state index in [1.54, 1.807) is 6.07 Å². The van der Waals surface area contributed by atoms with Crippen molar-refractivity contribution < 1.29 is 18.0 Å². The minimum atomic E-state index is -4.36. The van der Waals surface area contributed by atoms with Crippen molar-refractivity contribution in [2.45, 2.75) is 39.4 Å². The molecule has 1 aliphatic rings. The van der Waals surface area contributed by atoms with Gasteiger partial charge in [-0.1, -0.05) is 38.1 Å². The first-order valence-corrected chi connectivity index (χ1v) is 12.0. The molecule has 4 rings (SSSR count). The van der Waals surface area contributed by atoms with Crippen LogP contribution in [0.15, 0.2) is 54.6 Å². The molecule has 1 amide bonds. The van der Waals surface area contributed by atoms with Crippen LogP contribution in [0.25, 0.3) is 10.9 Å². The number of nitrogens with one attached hydrogen (secondary N) is 1. The molecule has 0 bridgehead atoms. The second-order valence-corrected chi connectivity index (χ2v) is 9.57. The van der Waals surface area contributed by atoms with Gasteiger partial charge in [0, 0.05) is 43.3 Å². The number of aromatic nitrogens is 1. The lowest BCUT2D eigenvalue weighted by atomic mass is 10.0. The van der Waals surface area contributed by atoms with Crippen LogP contribution in [-0.2, 0) is 6.18 Å². The molecule has 5 nitrogen and oxygen atoms in total. The zero-order valence-corrected chi connectivity index (χ0v) is 20.3. The lowest BCUT2D eigenvalue weighted by Gasteiger charge is -2.37. The first kappa shape index (κ1) is 24.8. The predicted octanol–water partition coefficient (Wildman–Crippen LogP) is 5.74. The maximum absolute atomic E-state index is 13.2. The number of carbonyl (C=O) groups is 1. The van der Waals surface area contributed by atoms with E-state index in [4.69, 9.17) is 4.98 Å².